The number of carbonyl (C=O) groups excluding carboxylic acids is 1. The normalized spacial score (nSPS) is 34.8. The van der Waals surface area contributed by atoms with Gasteiger partial charge in [0.15, 0.2) is 0 Å². The van der Waals surface area contributed by atoms with E-state index in [1.165, 1.54) is 57.8 Å². The van der Waals surface area contributed by atoms with Crippen LogP contribution in [-0.2, 0) is 4.79 Å². The summed E-state index contributed by atoms with van der Waals surface area (Å²) in [5, 5.41) is 3.87. The van der Waals surface area contributed by atoms with Crippen LogP contribution >= 0.6 is 0 Å². The van der Waals surface area contributed by atoms with E-state index in [9.17, 15) is 4.79 Å². The molecule has 1 amide bonds. The molecule has 21 heavy (non-hydrogen) atoms. The molecule has 2 atom stereocenters. The van der Waals surface area contributed by atoms with Gasteiger partial charge in [-0.3, -0.25) is 10.1 Å². The summed E-state index contributed by atoms with van der Waals surface area (Å²) in [6, 6.07) is 0.448. The van der Waals surface area contributed by atoms with Crippen LogP contribution in [0.2, 0.25) is 0 Å². The number of amides is 1. The van der Waals surface area contributed by atoms with Crippen molar-refractivity contribution in [2.24, 2.45) is 11.8 Å². The molecule has 1 aliphatic heterocycles. The number of nitrogens with one attached hydrogen (secondary N) is 1. The van der Waals surface area contributed by atoms with Gasteiger partial charge < -0.3 is 4.90 Å². The lowest BCUT2D eigenvalue weighted by Crippen LogP contribution is -2.50. The predicted molar refractivity (Wildman–Crippen MR) is 83.7 cm³/mol. The molecule has 4 aliphatic rings. The Bertz CT molecular complexity index is 405. The lowest BCUT2D eigenvalue weighted by molar-refractivity contribution is -0.137. The van der Waals surface area contributed by atoms with E-state index in [0.717, 1.165) is 18.8 Å². The first-order valence-electron chi connectivity index (χ1n) is 9.32. The van der Waals surface area contributed by atoms with Crippen LogP contribution < -0.4 is 5.32 Å². The number of rotatable bonds is 3. The molecule has 1 spiro atoms. The number of nitrogens with zero attached hydrogens (tertiary/aromatic N) is 1. The smallest absolute Gasteiger partial charge is 0.244 e. The Balaban J connectivity index is 1.60. The monoisotopic (exact) mass is 290 g/mol. The van der Waals surface area contributed by atoms with Crippen molar-refractivity contribution in [3.05, 3.63) is 0 Å². The highest BCUT2D eigenvalue weighted by Crippen LogP contribution is 2.44. The highest BCUT2D eigenvalue weighted by molar-refractivity contribution is 5.89. The number of hydrogen-bond acceptors (Lipinski definition) is 2. The summed E-state index contributed by atoms with van der Waals surface area (Å²) < 4.78 is 0. The second-order valence-corrected chi connectivity index (χ2v) is 8.07. The van der Waals surface area contributed by atoms with E-state index in [1.54, 1.807) is 0 Å². The fraction of sp³-hybridized carbons (Fsp3) is 0.944. The van der Waals surface area contributed by atoms with E-state index < -0.39 is 0 Å². The van der Waals surface area contributed by atoms with E-state index >= 15 is 0 Å². The van der Waals surface area contributed by atoms with Gasteiger partial charge in [0.25, 0.3) is 0 Å². The molecule has 3 nitrogen and oxygen atoms in total. The molecule has 2 unspecified atom stereocenters. The average molecular weight is 290 g/mol. The van der Waals surface area contributed by atoms with E-state index in [-0.39, 0.29) is 5.54 Å². The zero-order chi connectivity index (χ0) is 14.4. The van der Waals surface area contributed by atoms with Crippen LogP contribution in [0.4, 0.5) is 0 Å². The highest BCUT2D eigenvalue weighted by Gasteiger charge is 2.56. The van der Waals surface area contributed by atoms with E-state index in [2.05, 4.69) is 17.1 Å². The van der Waals surface area contributed by atoms with Crippen molar-refractivity contribution in [3.8, 4) is 0 Å². The first kappa shape index (κ1) is 14.0. The van der Waals surface area contributed by atoms with Gasteiger partial charge in [0.1, 0.15) is 0 Å². The molecular weight excluding hydrogens is 260 g/mol. The van der Waals surface area contributed by atoms with Crippen LogP contribution in [0.15, 0.2) is 0 Å². The largest absolute Gasteiger partial charge is 0.322 e. The molecular formula is C18H30N2O. The molecule has 3 aliphatic carbocycles. The van der Waals surface area contributed by atoms with Crippen LogP contribution in [0.25, 0.3) is 0 Å². The van der Waals surface area contributed by atoms with Crippen molar-refractivity contribution in [2.45, 2.75) is 95.3 Å². The van der Waals surface area contributed by atoms with Crippen molar-refractivity contribution < 1.29 is 4.79 Å². The lowest BCUT2D eigenvalue weighted by atomic mass is 9.79. The summed E-state index contributed by atoms with van der Waals surface area (Å²) in [6.07, 6.45) is 14.3. The average Bonchev–Trinajstić information content (AvgIpc) is 3.12. The molecule has 0 aromatic carbocycles. The summed E-state index contributed by atoms with van der Waals surface area (Å²) >= 11 is 0. The molecule has 1 saturated heterocycles. The standard InChI is InChI=1S/C18H30N2O/c1-13(14-9-6-10-14)20-16(15-7-2-3-8-15)19-18(17(20)21)11-4-5-12-18/h13-16,19H,2-12H2,1H3. The highest BCUT2D eigenvalue weighted by atomic mass is 16.2. The SMILES string of the molecule is CC(C1CCC1)N1C(=O)C2(CCCC2)NC1C1CCCC1. The van der Waals surface area contributed by atoms with Crippen LogP contribution in [0.1, 0.15) is 77.6 Å². The molecule has 0 aromatic heterocycles. The predicted octanol–water partition coefficient (Wildman–Crippen LogP) is 3.44. The zero-order valence-corrected chi connectivity index (χ0v) is 13.4. The molecule has 4 fully saturated rings. The van der Waals surface area contributed by atoms with Gasteiger partial charge in [0.05, 0.1) is 11.7 Å². The van der Waals surface area contributed by atoms with Crippen molar-refractivity contribution in [1.82, 2.24) is 10.2 Å². The third-order valence-electron chi connectivity index (χ3n) is 6.94. The molecule has 3 heteroatoms. The summed E-state index contributed by atoms with van der Waals surface area (Å²) in [4.78, 5) is 15.6. The van der Waals surface area contributed by atoms with E-state index in [4.69, 9.17) is 0 Å². The molecule has 0 radical (unpaired) electrons. The van der Waals surface area contributed by atoms with Gasteiger partial charge >= 0.3 is 0 Å². The summed E-state index contributed by atoms with van der Waals surface area (Å²) in [5.41, 5.74) is -0.175. The quantitative estimate of drug-likeness (QED) is 0.863. The molecule has 3 saturated carbocycles. The molecule has 0 bridgehead atoms. The second-order valence-electron chi connectivity index (χ2n) is 8.07. The Kier molecular flexibility index (Phi) is 3.52. The van der Waals surface area contributed by atoms with Gasteiger partial charge in [0.2, 0.25) is 5.91 Å². The third-order valence-corrected chi connectivity index (χ3v) is 6.94. The lowest BCUT2D eigenvalue weighted by Gasteiger charge is -2.41. The van der Waals surface area contributed by atoms with Crippen molar-refractivity contribution >= 4 is 5.91 Å². The zero-order valence-electron chi connectivity index (χ0n) is 13.4. The molecule has 1 heterocycles. The Morgan fingerprint density at radius 2 is 1.71 bits per heavy atom. The Labute approximate surface area is 128 Å². The summed E-state index contributed by atoms with van der Waals surface area (Å²) in [5.74, 6) is 1.92. The first-order chi connectivity index (χ1) is 10.2. The van der Waals surface area contributed by atoms with Gasteiger partial charge in [-0.05, 0) is 57.3 Å². The van der Waals surface area contributed by atoms with Crippen molar-refractivity contribution in [2.75, 3.05) is 0 Å². The van der Waals surface area contributed by atoms with Crippen LogP contribution in [-0.4, -0.2) is 28.6 Å². The number of carbonyl (C=O) groups is 1. The Morgan fingerprint density at radius 1 is 1.05 bits per heavy atom. The maximum Gasteiger partial charge on any atom is 0.244 e. The van der Waals surface area contributed by atoms with Gasteiger partial charge in [-0.1, -0.05) is 32.1 Å². The molecule has 1 N–H and O–H groups in total. The van der Waals surface area contributed by atoms with E-state index in [1.807, 2.05) is 0 Å². The van der Waals surface area contributed by atoms with Gasteiger partial charge in [0, 0.05) is 6.04 Å². The minimum atomic E-state index is -0.175. The molecule has 4 rings (SSSR count). The minimum Gasteiger partial charge on any atom is -0.322 e. The fourth-order valence-corrected chi connectivity index (χ4v) is 5.33. The van der Waals surface area contributed by atoms with Crippen molar-refractivity contribution in [1.29, 1.82) is 0 Å². The topological polar surface area (TPSA) is 32.3 Å². The third kappa shape index (κ3) is 2.15. The fourth-order valence-electron chi connectivity index (χ4n) is 5.33. The van der Waals surface area contributed by atoms with Crippen LogP contribution in [0, 0.1) is 11.8 Å². The van der Waals surface area contributed by atoms with Crippen molar-refractivity contribution in [3.63, 3.8) is 0 Å². The Morgan fingerprint density at radius 3 is 2.29 bits per heavy atom. The Hall–Kier alpha value is -0.570. The van der Waals surface area contributed by atoms with Gasteiger partial charge in [-0.2, -0.15) is 0 Å². The van der Waals surface area contributed by atoms with Gasteiger partial charge in [-0.25, -0.2) is 0 Å². The molecule has 0 aromatic rings. The number of hydrogen-bond donors (Lipinski definition) is 1. The van der Waals surface area contributed by atoms with Crippen LogP contribution in [0.3, 0.4) is 0 Å². The summed E-state index contributed by atoms with van der Waals surface area (Å²) in [7, 11) is 0. The second kappa shape index (κ2) is 5.26. The summed E-state index contributed by atoms with van der Waals surface area (Å²) in [6.45, 7) is 2.32. The van der Waals surface area contributed by atoms with Gasteiger partial charge in [-0.15, -0.1) is 0 Å². The maximum absolute atomic E-state index is 13.2. The first-order valence-corrected chi connectivity index (χ1v) is 9.32. The minimum absolute atomic E-state index is 0.175. The van der Waals surface area contributed by atoms with E-state index in [0.29, 0.717) is 24.0 Å². The molecule has 118 valence electrons. The van der Waals surface area contributed by atoms with Crippen LogP contribution in [0.5, 0.6) is 0 Å². The maximum atomic E-state index is 13.2.